The van der Waals surface area contributed by atoms with Crippen molar-refractivity contribution >= 4 is 5.97 Å². The molecule has 0 aliphatic heterocycles. The lowest BCUT2D eigenvalue weighted by atomic mass is 9.75. The third kappa shape index (κ3) is 5.38. The van der Waals surface area contributed by atoms with Gasteiger partial charge in [-0.3, -0.25) is 4.79 Å². The monoisotopic (exact) mass is 322 g/mol. The van der Waals surface area contributed by atoms with Gasteiger partial charge in [-0.1, -0.05) is 27.2 Å². The highest BCUT2D eigenvalue weighted by Crippen LogP contribution is 2.35. The number of ether oxygens (including phenoxy) is 1. The van der Waals surface area contributed by atoms with Gasteiger partial charge < -0.3 is 14.3 Å². The van der Waals surface area contributed by atoms with Gasteiger partial charge in [0.25, 0.3) is 0 Å². The van der Waals surface area contributed by atoms with Gasteiger partial charge in [0.2, 0.25) is 0 Å². The van der Waals surface area contributed by atoms with Gasteiger partial charge in [0.05, 0.1) is 12.7 Å². The Morgan fingerprint density at radius 1 is 1.39 bits per heavy atom. The van der Waals surface area contributed by atoms with Gasteiger partial charge in [-0.2, -0.15) is 0 Å². The van der Waals surface area contributed by atoms with Gasteiger partial charge in [0.15, 0.2) is 0 Å². The summed E-state index contributed by atoms with van der Waals surface area (Å²) in [6, 6.07) is 1.91. The number of aryl methyl sites for hydroxylation is 1. The summed E-state index contributed by atoms with van der Waals surface area (Å²) in [6.07, 6.45) is 6.57. The first kappa shape index (κ1) is 18.1. The van der Waals surface area contributed by atoms with Crippen molar-refractivity contribution in [3.63, 3.8) is 0 Å². The lowest BCUT2D eigenvalue weighted by molar-refractivity contribution is -0.155. The highest BCUT2D eigenvalue weighted by atomic mass is 16.5. The van der Waals surface area contributed by atoms with Crippen molar-refractivity contribution in [3.8, 4) is 0 Å². The molecule has 1 heterocycles. The molecule has 0 amide bonds. The number of esters is 1. The maximum Gasteiger partial charge on any atom is 0.306 e. The molecule has 4 heteroatoms. The Hall–Kier alpha value is -1.29. The minimum atomic E-state index is -0.130. The molecule has 1 aromatic rings. The van der Waals surface area contributed by atoms with Crippen LogP contribution >= 0.6 is 0 Å². The Bertz CT molecular complexity index is 491. The fourth-order valence-corrected chi connectivity index (χ4v) is 3.52. The van der Waals surface area contributed by atoms with Crippen LogP contribution in [0.15, 0.2) is 16.7 Å². The van der Waals surface area contributed by atoms with Crippen molar-refractivity contribution in [2.45, 2.75) is 65.4 Å². The lowest BCUT2D eigenvalue weighted by Gasteiger charge is -2.36. The fraction of sp³-hybridized carbons (Fsp3) is 0.737. The van der Waals surface area contributed by atoms with E-state index in [-0.39, 0.29) is 18.7 Å². The molecule has 23 heavy (non-hydrogen) atoms. The minimum absolute atomic E-state index is 0.0628. The van der Waals surface area contributed by atoms with Crippen LogP contribution in [0.5, 0.6) is 0 Å². The number of aliphatic hydroxyl groups is 1. The van der Waals surface area contributed by atoms with E-state index in [0.29, 0.717) is 37.0 Å². The summed E-state index contributed by atoms with van der Waals surface area (Å²) < 4.78 is 11.2. The maximum absolute atomic E-state index is 12.2. The first-order valence-electron chi connectivity index (χ1n) is 8.86. The molecular formula is C19H30O4. The first-order valence-corrected chi connectivity index (χ1v) is 8.86. The van der Waals surface area contributed by atoms with Crippen LogP contribution in [0.25, 0.3) is 0 Å². The average Bonchev–Trinajstić information content (AvgIpc) is 2.93. The standard InChI is InChI=1S/C19H30O4/c1-13(2)17-6-4-14(3)10-18(17)23-19(21)7-5-16-11-15(8-9-20)12-22-16/h11-14,17-18,20H,4-10H2,1-3H3. The van der Waals surface area contributed by atoms with E-state index < -0.39 is 0 Å². The van der Waals surface area contributed by atoms with E-state index in [1.807, 2.05) is 6.07 Å². The molecule has 1 aliphatic carbocycles. The Kier molecular flexibility index (Phi) is 6.70. The zero-order valence-electron chi connectivity index (χ0n) is 14.6. The molecule has 130 valence electrons. The Balaban J connectivity index is 1.82. The lowest BCUT2D eigenvalue weighted by Crippen LogP contribution is -2.35. The number of hydrogen-bond acceptors (Lipinski definition) is 4. The quantitative estimate of drug-likeness (QED) is 0.777. The molecule has 1 saturated carbocycles. The molecule has 1 N–H and O–H groups in total. The molecule has 0 spiro atoms. The van der Waals surface area contributed by atoms with Crippen LogP contribution in [0, 0.1) is 17.8 Å². The summed E-state index contributed by atoms with van der Waals surface area (Å²) >= 11 is 0. The number of rotatable bonds is 7. The average molecular weight is 322 g/mol. The molecule has 1 fully saturated rings. The number of aliphatic hydroxyl groups excluding tert-OH is 1. The van der Waals surface area contributed by atoms with E-state index in [0.717, 1.165) is 24.2 Å². The molecule has 0 saturated heterocycles. The van der Waals surface area contributed by atoms with E-state index in [4.69, 9.17) is 14.3 Å². The van der Waals surface area contributed by atoms with Crippen LogP contribution in [0.3, 0.4) is 0 Å². The minimum Gasteiger partial charge on any atom is -0.469 e. The molecular weight excluding hydrogens is 292 g/mol. The third-order valence-corrected chi connectivity index (χ3v) is 4.93. The van der Waals surface area contributed by atoms with Crippen LogP contribution in [0.1, 0.15) is 57.8 Å². The zero-order valence-corrected chi connectivity index (χ0v) is 14.6. The Labute approximate surface area is 139 Å². The summed E-state index contributed by atoms with van der Waals surface area (Å²) in [4.78, 5) is 12.2. The van der Waals surface area contributed by atoms with Crippen molar-refractivity contribution in [2.24, 2.45) is 17.8 Å². The van der Waals surface area contributed by atoms with Gasteiger partial charge in [-0.25, -0.2) is 0 Å². The van der Waals surface area contributed by atoms with Gasteiger partial charge >= 0.3 is 5.97 Å². The van der Waals surface area contributed by atoms with Crippen LogP contribution in [-0.4, -0.2) is 23.8 Å². The molecule has 3 unspecified atom stereocenters. The van der Waals surface area contributed by atoms with E-state index in [1.165, 1.54) is 6.42 Å². The Morgan fingerprint density at radius 3 is 2.87 bits per heavy atom. The normalized spacial score (nSPS) is 24.8. The van der Waals surface area contributed by atoms with Crippen LogP contribution in [0.4, 0.5) is 0 Å². The van der Waals surface area contributed by atoms with E-state index in [9.17, 15) is 4.79 Å². The van der Waals surface area contributed by atoms with E-state index in [2.05, 4.69) is 20.8 Å². The predicted molar refractivity (Wildman–Crippen MR) is 89.0 cm³/mol. The molecule has 0 radical (unpaired) electrons. The summed E-state index contributed by atoms with van der Waals surface area (Å²) in [7, 11) is 0. The van der Waals surface area contributed by atoms with Crippen LogP contribution in [-0.2, 0) is 22.4 Å². The summed E-state index contributed by atoms with van der Waals surface area (Å²) in [5, 5.41) is 8.90. The number of carbonyl (C=O) groups excluding carboxylic acids is 1. The second-order valence-electron chi connectivity index (χ2n) is 7.25. The second kappa shape index (κ2) is 8.53. The highest BCUT2D eigenvalue weighted by molar-refractivity contribution is 5.69. The molecule has 2 rings (SSSR count). The third-order valence-electron chi connectivity index (χ3n) is 4.93. The van der Waals surface area contributed by atoms with E-state index in [1.54, 1.807) is 6.26 Å². The first-order chi connectivity index (χ1) is 11.0. The molecule has 0 aromatic carbocycles. The SMILES string of the molecule is CC1CCC(C(C)C)C(OC(=O)CCc2cc(CCO)co2)C1. The predicted octanol–water partition coefficient (Wildman–Crippen LogP) is 3.75. The van der Waals surface area contributed by atoms with Gasteiger partial charge in [0, 0.05) is 13.0 Å². The summed E-state index contributed by atoms with van der Waals surface area (Å²) in [5.41, 5.74) is 0.969. The molecule has 3 atom stereocenters. The van der Waals surface area contributed by atoms with Gasteiger partial charge in [0.1, 0.15) is 11.9 Å². The number of hydrogen-bond donors (Lipinski definition) is 1. The Morgan fingerprint density at radius 2 is 2.17 bits per heavy atom. The maximum atomic E-state index is 12.2. The summed E-state index contributed by atoms with van der Waals surface area (Å²) in [6.45, 7) is 6.78. The largest absolute Gasteiger partial charge is 0.469 e. The van der Waals surface area contributed by atoms with Crippen molar-refractivity contribution in [3.05, 3.63) is 23.7 Å². The van der Waals surface area contributed by atoms with Gasteiger partial charge in [-0.05, 0) is 48.6 Å². The highest BCUT2D eigenvalue weighted by Gasteiger charge is 2.33. The van der Waals surface area contributed by atoms with Crippen LogP contribution < -0.4 is 0 Å². The van der Waals surface area contributed by atoms with Crippen LogP contribution in [0.2, 0.25) is 0 Å². The number of furan rings is 1. The second-order valence-corrected chi connectivity index (χ2v) is 7.25. The van der Waals surface area contributed by atoms with E-state index >= 15 is 0 Å². The summed E-state index contributed by atoms with van der Waals surface area (Å²) in [5.74, 6) is 2.31. The fourth-order valence-electron chi connectivity index (χ4n) is 3.52. The molecule has 4 nitrogen and oxygen atoms in total. The molecule has 0 bridgehead atoms. The zero-order chi connectivity index (χ0) is 16.8. The van der Waals surface area contributed by atoms with Crippen molar-refractivity contribution < 1.29 is 19.1 Å². The van der Waals surface area contributed by atoms with Crippen molar-refractivity contribution in [1.29, 1.82) is 0 Å². The van der Waals surface area contributed by atoms with Crippen molar-refractivity contribution in [2.75, 3.05) is 6.61 Å². The smallest absolute Gasteiger partial charge is 0.306 e. The topological polar surface area (TPSA) is 59.7 Å². The van der Waals surface area contributed by atoms with Crippen molar-refractivity contribution in [1.82, 2.24) is 0 Å². The molecule has 1 aromatic heterocycles. The molecule has 1 aliphatic rings. The number of carbonyl (C=O) groups is 1. The van der Waals surface area contributed by atoms with Gasteiger partial charge in [-0.15, -0.1) is 0 Å².